The summed E-state index contributed by atoms with van der Waals surface area (Å²) in [6.45, 7) is 0.524. The van der Waals surface area contributed by atoms with E-state index in [9.17, 15) is 14.3 Å². The molecule has 1 heterocycles. The van der Waals surface area contributed by atoms with Crippen LogP contribution < -0.4 is 5.43 Å². The lowest BCUT2D eigenvalue weighted by Crippen LogP contribution is -2.12. The molecule has 0 saturated heterocycles. The lowest BCUT2D eigenvalue weighted by molar-refractivity contribution is 0.474. The Kier molecular flexibility index (Phi) is 4.96. The number of para-hydroxylation sites is 1. The Bertz CT molecular complexity index is 1480. The Balaban J connectivity index is 1.68. The maximum absolute atomic E-state index is 13.3. The summed E-state index contributed by atoms with van der Waals surface area (Å²) in [6.07, 6.45) is 0. The smallest absolute Gasteiger partial charge is 0.197 e. The highest BCUT2D eigenvalue weighted by Crippen LogP contribution is 2.31. The third-order valence-electron chi connectivity index (χ3n) is 5.24. The average Bonchev–Trinajstić information content (AvgIpc) is 2.78. The van der Waals surface area contributed by atoms with Gasteiger partial charge in [0, 0.05) is 27.1 Å². The van der Waals surface area contributed by atoms with E-state index in [-0.39, 0.29) is 17.0 Å². The Labute approximate surface area is 182 Å². The topological polar surface area (TPSA) is 42.2 Å². The van der Waals surface area contributed by atoms with Crippen LogP contribution in [0.4, 0.5) is 4.39 Å². The summed E-state index contributed by atoms with van der Waals surface area (Å²) in [4.78, 5) is 15.1. The number of fused-ring (bicyclic) bond motifs is 2. The van der Waals surface area contributed by atoms with E-state index in [1.807, 2.05) is 54.6 Å². The predicted octanol–water partition coefficient (Wildman–Crippen LogP) is 6.20. The van der Waals surface area contributed by atoms with E-state index >= 15 is 0 Å². The van der Waals surface area contributed by atoms with E-state index in [0.29, 0.717) is 17.3 Å². The zero-order valence-corrected chi connectivity index (χ0v) is 17.3. The zero-order valence-electron chi connectivity index (χ0n) is 16.5. The number of hydrogen-bond acceptors (Lipinski definition) is 3. The SMILES string of the molecule is O=c1c2ccccc2n(Cc2cccc(O)c2)c2ccc(Sc3ccc(F)cc3)cc12. The second-order valence-corrected chi connectivity index (χ2v) is 8.48. The normalized spacial score (nSPS) is 11.3. The van der Waals surface area contributed by atoms with Crippen molar-refractivity contribution in [2.75, 3.05) is 0 Å². The van der Waals surface area contributed by atoms with Gasteiger partial charge in [-0.15, -0.1) is 0 Å². The van der Waals surface area contributed by atoms with E-state index in [2.05, 4.69) is 4.57 Å². The van der Waals surface area contributed by atoms with Crippen molar-refractivity contribution in [2.24, 2.45) is 0 Å². The monoisotopic (exact) mass is 427 g/mol. The fraction of sp³-hybridized carbons (Fsp3) is 0.0385. The van der Waals surface area contributed by atoms with Crippen molar-refractivity contribution in [1.82, 2.24) is 4.57 Å². The molecule has 0 radical (unpaired) electrons. The summed E-state index contributed by atoms with van der Waals surface area (Å²) in [5.74, 6) is -0.0608. The zero-order chi connectivity index (χ0) is 21.4. The Morgan fingerprint density at radius 2 is 1.52 bits per heavy atom. The third kappa shape index (κ3) is 3.80. The molecular formula is C26H18FNO2S. The molecular weight excluding hydrogens is 409 g/mol. The van der Waals surface area contributed by atoms with Gasteiger partial charge < -0.3 is 9.67 Å². The number of aromatic hydroxyl groups is 1. The fourth-order valence-electron chi connectivity index (χ4n) is 3.82. The van der Waals surface area contributed by atoms with Gasteiger partial charge in [-0.3, -0.25) is 4.79 Å². The lowest BCUT2D eigenvalue weighted by Gasteiger charge is -2.16. The molecule has 0 unspecified atom stereocenters. The highest BCUT2D eigenvalue weighted by Gasteiger charge is 2.12. The molecule has 0 bridgehead atoms. The van der Waals surface area contributed by atoms with Crippen LogP contribution >= 0.6 is 11.8 Å². The van der Waals surface area contributed by atoms with Gasteiger partial charge in [-0.05, 0) is 72.3 Å². The van der Waals surface area contributed by atoms with Crippen LogP contribution in [0.3, 0.4) is 0 Å². The maximum Gasteiger partial charge on any atom is 0.197 e. The highest BCUT2D eigenvalue weighted by atomic mass is 32.2. The summed E-state index contributed by atoms with van der Waals surface area (Å²) in [5, 5.41) is 11.2. The summed E-state index contributed by atoms with van der Waals surface area (Å²) in [7, 11) is 0. The standard InChI is InChI=1S/C26H18FNO2S/c27-18-8-10-20(11-9-18)31-21-12-13-25-23(15-21)26(30)22-6-1-2-7-24(22)28(25)16-17-4-3-5-19(29)14-17/h1-15,29H,16H2. The molecule has 5 aromatic rings. The van der Waals surface area contributed by atoms with Crippen LogP contribution in [0.5, 0.6) is 5.75 Å². The van der Waals surface area contributed by atoms with Crippen molar-refractivity contribution < 1.29 is 9.50 Å². The van der Waals surface area contributed by atoms with E-state index < -0.39 is 0 Å². The van der Waals surface area contributed by atoms with Crippen LogP contribution in [0.1, 0.15) is 5.56 Å². The lowest BCUT2D eigenvalue weighted by atomic mass is 10.1. The van der Waals surface area contributed by atoms with Crippen molar-refractivity contribution in [3.05, 3.63) is 113 Å². The van der Waals surface area contributed by atoms with Crippen LogP contribution in [0.25, 0.3) is 21.8 Å². The van der Waals surface area contributed by atoms with Crippen LogP contribution in [0.15, 0.2) is 106 Å². The summed E-state index contributed by atoms with van der Waals surface area (Å²) >= 11 is 1.49. The van der Waals surface area contributed by atoms with Crippen LogP contribution in [0, 0.1) is 5.82 Å². The van der Waals surface area contributed by atoms with Crippen LogP contribution in [-0.4, -0.2) is 9.67 Å². The van der Waals surface area contributed by atoms with Crippen molar-refractivity contribution in [3.63, 3.8) is 0 Å². The number of halogens is 1. The first-order valence-corrected chi connectivity index (χ1v) is 10.7. The molecule has 0 fully saturated rings. The van der Waals surface area contributed by atoms with Crippen LogP contribution in [-0.2, 0) is 6.54 Å². The number of benzene rings is 4. The largest absolute Gasteiger partial charge is 0.508 e. The number of phenolic OH excluding ortho intramolecular Hbond substituents is 1. The summed E-state index contributed by atoms with van der Waals surface area (Å²) in [6, 6.07) is 26.9. The second kappa shape index (κ2) is 7.93. The first-order chi connectivity index (χ1) is 15.1. The minimum atomic E-state index is -0.274. The third-order valence-corrected chi connectivity index (χ3v) is 6.24. The maximum atomic E-state index is 13.3. The average molecular weight is 428 g/mol. The van der Waals surface area contributed by atoms with Gasteiger partial charge in [0.2, 0.25) is 0 Å². The van der Waals surface area contributed by atoms with Gasteiger partial charge in [0.05, 0.1) is 11.0 Å². The molecule has 31 heavy (non-hydrogen) atoms. The van der Waals surface area contributed by atoms with Crippen LogP contribution in [0.2, 0.25) is 0 Å². The van der Waals surface area contributed by atoms with Gasteiger partial charge in [0.1, 0.15) is 11.6 Å². The molecule has 1 aromatic heterocycles. The summed E-state index contributed by atoms with van der Waals surface area (Å²) < 4.78 is 15.3. The molecule has 0 amide bonds. The van der Waals surface area contributed by atoms with E-state index in [0.717, 1.165) is 26.4 Å². The molecule has 5 rings (SSSR count). The quantitative estimate of drug-likeness (QED) is 0.347. The van der Waals surface area contributed by atoms with Gasteiger partial charge in [-0.25, -0.2) is 4.39 Å². The van der Waals surface area contributed by atoms with Gasteiger partial charge in [-0.1, -0.05) is 36.0 Å². The number of aromatic nitrogens is 1. The minimum absolute atomic E-state index is 0.0145. The van der Waals surface area contributed by atoms with E-state index in [4.69, 9.17) is 0 Å². The van der Waals surface area contributed by atoms with Gasteiger partial charge in [-0.2, -0.15) is 0 Å². The predicted molar refractivity (Wildman–Crippen MR) is 123 cm³/mol. The second-order valence-electron chi connectivity index (χ2n) is 7.34. The fourth-order valence-corrected chi connectivity index (χ4v) is 4.68. The molecule has 0 aliphatic carbocycles. The van der Waals surface area contributed by atoms with Crippen molar-refractivity contribution >= 4 is 33.6 Å². The molecule has 4 aromatic carbocycles. The molecule has 0 atom stereocenters. The molecule has 1 N–H and O–H groups in total. The first kappa shape index (κ1) is 19.4. The Morgan fingerprint density at radius 1 is 0.774 bits per heavy atom. The first-order valence-electron chi connectivity index (χ1n) is 9.85. The number of nitrogens with zero attached hydrogens (tertiary/aromatic N) is 1. The molecule has 0 aliphatic rings. The number of hydrogen-bond donors (Lipinski definition) is 1. The molecule has 152 valence electrons. The van der Waals surface area contributed by atoms with Crippen molar-refractivity contribution in [2.45, 2.75) is 16.3 Å². The highest BCUT2D eigenvalue weighted by molar-refractivity contribution is 7.99. The molecule has 3 nitrogen and oxygen atoms in total. The molecule has 0 spiro atoms. The Morgan fingerprint density at radius 3 is 2.32 bits per heavy atom. The number of phenols is 1. The molecule has 0 aliphatic heterocycles. The van der Waals surface area contributed by atoms with E-state index in [1.54, 1.807) is 24.3 Å². The number of pyridine rings is 1. The Hall–Kier alpha value is -3.57. The number of rotatable bonds is 4. The van der Waals surface area contributed by atoms with Gasteiger partial charge in [0.25, 0.3) is 0 Å². The van der Waals surface area contributed by atoms with Crippen molar-refractivity contribution in [3.8, 4) is 5.75 Å². The van der Waals surface area contributed by atoms with E-state index in [1.165, 1.54) is 23.9 Å². The molecule has 0 saturated carbocycles. The van der Waals surface area contributed by atoms with Gasteiger partial charge in [0.15, 0.2) is 5.43 Å². The summed E-state index contributed by atoms with van der Waals surface area (Å²) in [5.41, 5.74) is 2.61. The van der Waals surface area contributed by atoms with Gasteiger partial charge >= 0.3 is 0 Å². The minimum Gasteiger partial charge on any atom is -0.508 e. The molecule has 5 heteroatoms. The van der Waals surface area contributed by atoms with Crippen molar-refractivity contribution in [1.29, 1.82) is 0 Å².